The SMILES string of the molecule is CC(=O)c1ccc2c3ccccc3n(CCCN3C[C@@H](C)N[C@@H](C)C3)c2c1. The van der Waals surface area contributed by atoms with E-state index in [9.17, 15) is 4.79 Å². The molecule has 0 aliphatic carbocycles. The highest BCUT2D eigenvalue weighted by atomic mass is 16.1. The molecule has 1 aromatic heterocycles. The Morgan fingerprint density at radius 2 is 1.70 bits per heavy atom. The van der Waals surface area contributed by atoms with Gasteiger partial charge in [-0.3, -0.25) is 4.79 Å². The second-order valence-electron chi connectivity index (χ2n) is 8.04. The topological polar surface area (TPSA) is 37.3 Å². The second kappa shape index (κ2) is 7.45. The van der Waals surface area contributed by atoms with Gasteiger partial charge in [-0.05, 0) is 45.9 Å². The molecule has 0 unspecified atom stereocenters. The van der Waals surface area contributed by atoms with Gasteiger partial charge in [0.2, 0.25) is 0 Å². The van der Waals surface area contributed by atoms with E-state index in [0.29, 0.717) is 12.1 Å². The molecular weight excluding hydrogens is 334 g/mol. The van der Waals surface area contributed by atoms with E-state index in [-0.39, 0.29) is 5.78 Å². The van der Waals surface area contributed by atoms with Gasteiger partial charge in [-0.2, -0.15) is 0 Å². The summed E-state index contributed by atoms with van der Waals surface area (Å²) < 4.78 is 2.40. The molecule has 2 heterocycles. The number of nitrogens with zero attached hydrogens (tertiary/aromatic N) is 2. The van der Waals surface area contributed by atoms with Crippen molar-refractivity contribution in [2.75, 3.05) is 19.6 Å². The molecule has 2 atom stereocenters. The Hall–Kier alpha value is -2.17. The summed E-state index contributed by atoms with van der Waals surface area (Å²) >= 11 is 0. The van der Waals surface area contributed by atoms with Crippen LogP contribution in [0, 0.1) is 0 Å². The first-order valence-corrected chi connectivity index (χ1v) is 10.0. The highest BCUT2D eigenvalue weighted by Crippen LogP contribution is 2.30. The van der Waals surface area contributed by atoms with Gasteiger partial charge in [0, 0.05) is 59.1 Å². The van der Waals surface area contributed by atoms with Crippen LogP contribution < -0.4 is 5.32 Å². The van der Waals surface area contributed by atoms with Crippen LogP contribution in [0.25, 0.3) is 21.8 Å². The smallest absolute Gasteiger partial charge is 0.159 e. The zero-order chi connectivity index (χ0) is 19.0. The molecule has 1 aliphatic heterocycles. The molecule has 0 bridgehead atoms. The predicted molar refractivity (Wildman–Crippen MR) is 113 cm³/mol. The van der Waals surface area contributed by atoms with Crippen LogP contribution in [0.15, 0.2) is 42.5 Å². The van der Waals surface area contributed by atoms with Crippen molar-refractivity contribution in [3.05, 3.63) is 48.0 Å². The van der Waals surface area contributed by atoms with Crippen molar-refractivity contribution >= 4 is 27.6 Å². The van der Waals surface area contributed by atoms with Crippen LogP contribution in [0.5, 0.6) is 0 Å². The number of aryl methyl sites for hydroxylation is 1. The fraction of sp³-hybridized carbons (Fsp3) is 0.435. The van der Waals surface area contributed by atoms with Crippen molar-refractivity contribution in [2.24, 2.45) is 0 Å². The van der Waals surface area contributed by atoms with Crippen molar-refractivity contribution in [1.82, 2.24) is 14.8 Å². The molecule has 4 nitrogen and oxygen atoms in total. The highest BCUT2D eigenvalue weighted by Gasteiger charge is 2.20. The van der Waals surface area contributed by atoms with E-state index >= 15 is 0 Å². The lowest BCUT2D eigenvalue weighted by molar-refractivity contribution is 0.101. The number of hydrogen-bond donors (Lipinski definition) is 1. The van der Waals surface area contributed by atoms with Gasteiger partial charge in [0.25, 0.3) is 0 Å². The third-order valence-corrected chi connectivity index (χ3v) is 5.67. The van der Waals surface area contributed by atoms with Crippen molar-refractivity contribution in [2.45, 2.75) is 45.8 Å². The molecule has 4 rings (SSSR count). The summed E-state index contributed by atoms with van der Waals surface area (Å²) in [6.07, 6.45) is 1.11. The molecule has 4 heteroatoms. The molecule has 0 amide bonds. The van der Waals surface area contributed by atoms with Gasteiger partial charge >= 0.3 is 0 Å². The van der Waals surface area contributed by atoms with E-state index in [4.69, 9.17) is 0 Å². The third-order valence-electron chi connectivity index (χ3n) is 5.67. The van der Waals surface area contributed by atoms with E-state index in [0.717, 1.165) is 38.2 Å². The quantitative estimate of drug-likeness (QED) is 0.695. The Labute approximate surface area is 161 Å². The average Bonchev–Trinajstić information content (AvgIpc) is 2.94. The fourth-order valence-electron chi connectivity index (χ4n) is 4.58. The lowest BCUT2D eigenvalue weighted by atomic mass is 10.1. The van der Waals surface area contributed by atoms with Gasteiger partial charge in [-0.15, -0.1) is 0 Å². The number of para-hydroxylation sites is 1. The van der Waals surface area contributed by atoms with Gasteiger partial charge in [0.05, 0.1) is 0 Å². The van der Waals surface area contributed by atoms with Crippen molar-refractivity contribution in [3.63, 3.8) is 0 Å². The first-order valence-electron chi connectivity index (χ1n) is 10.0. The first-order chi connectivity index (χ1) is 13.0. The largest absolute Gasteiger partial charge is 0.340 e. The number of nitrogens with one attached hydrogen (secondary N) is 1. The van der Waals surface area contributed by atoms with Gasteiger partial charge in [-0.1, -0.05) is 30.3 Å². The van der Waals surface area contributed by atoms with Crippen LogP contribution in [-0.2, 0) is 6.54 Å². The predicted octanol–water partition coefficient (Wildman–Crippen LogP) is 4.07. The molecular formula is C23H29N3O. The maximum atomic E-state index is 11.9. The molecule has 27 heavy (non-hydrogen) atoms. The summed E-state index contributed by atoms with van der Waals surface area (Å²) in [6, 6.07) is 15.8. The van der Waals surface area contributed by atoms with Crippen molar-refractivity contribution in [1.29, 1.82) is 0 Å². The molecule has 0 radical (unpaired) electrons. The Bertz CT molecular complexity index is 964. The number of rotatable bonds is 5. The van der Waals surface area contributed by atoms with E-state index in [1.807, 2.05) is 6.07 Å². The maximum absolute atomic E-state index is 11.9. The first kappa shape index (κ1) is 18.2. The average molecular weight is 364 g/mol. The van der Waals surface area contributed by atoms with Gasteiger partial charge in [0.15, 0.2) is 5.78 Å². The maximum Gasteiger partial charge on any atom is 0.159 e. The number of piperazine rings is 1. The Morgan fingerprint density at radius 3 is 2.44 bits per heavy atom. The lowest BCUT2D eigenvalue weighted by Gasteiger charge is -2.36. The molecule has 1 saturated heterocycles. The van der Waals surface area contributed by atoms with Gasteiger partial charge in [-0.25, -0.2) is 0 Å². The molecule has 2 aromatic carbocycles. The lowest BCUT2D eigenvalue weighted by Crippen LogP contribution is -2.54. The Kier molecular flexibility index (Phi) is 5.02. The normalized spacial score (nSPS) is 21.1. The van der Waals surface area contributed by atoms with Crippen LogP contribution in [-0.4, -0.2) is 47.0 Å². The van der Waals surface area contributed by atoms with Crippen LogP contribution in [0.3, 0.4) is 0 Å². The number of ketones is 1. The summed E-state index contributed by atoms with van der Waals surface area (Å²) in [7, 11) is 0. The molecule has 1 fully saturated rings. The van der Waals surface area contributed by atoms with Crippen molar-refractivity contribution in [3.8, 4) is 0 Å². The standard InChI is InChI=1S/C23H29N3O/c1-16-14-25(15-17(2)24-16)11-6-12-26-22-8-5-4-7-20(22)21-10-9-19(18(3)27)13-23(21)26/h4-5,7-10,13,16-17,24H,6,11-12,14-15H2,1-3H3/t16-,17+. The Balaban J connectivity index is 1.61. The minimum atomic E-state index is 0.123. The molecule has 0 spiro atoms. The van der Waals surface area contributed by atoms with Crippen LogP contribution in [0.2, 0.25) is 0 Å². The van der Waals surface area contributed by atoms with Crippen LogP contribution >= 0.6 is 0 Å². The summed E-state index contributed by atoms with van der Waals surface area (Å²) in [5.41, 5.74) is 3.22. The van der Waals surface area contributed by atoms with Gasteiger partial charge in [0.1, 0.15) is 0 Å². The summed E-state index contributed by atoms with van der Waals surface area (Å²) in [4.78, 5) is 14.4. The molecule has 3 aromatic rings. The van der Waals surface area contributed by atoms with E-state index in [1.165, 1.54) is 21.8 Å². The third kappa shape index (κ3) is 3.64. The molecule has 1 aliphatic rings. The highest BCUT2D eigenvalue weighted by molar-refractivity contribution is 6.10. The number of Topliss-reactive ketones (excluding diaryl/α,β-unsaturated/α-hetero) is 1. The number of carbonyl (C=O) groups excluding carboxylic acids is 1. The molecule has 0 saturated carbocycles. The van der Waals surface area contributed by atoms with Crippen LogP contribution in [0.1, 0.15) is 37.6 Å². The number of hydrogen-bond acceptors (Lipinski definition) is 3. The Morgan fingerprint density at radius 1 is 1.00 bits per heavy atom. The number of aromatic nitrogens is 1. The van der Waals surface area contributed by atoms with E-state index in [2.05, 4.69) is 65.0 Å². The monoisotopic (exact) mass is 363 g/mol. The molecule has 1 N–H and O–H groups in total. The van der Waals surface area contributed by atoms with Crippen molar-refractivity contribution < 1.29 is 4.79 Å². The fourth-order valence-corrected chi connectivity index (χ4v) is 4.58. The molecule has 142 valence electrons. The summed E-state index contributed by atoms with van der Waals surface area (Å²) in [5.74, 6) is 0.123. The number of fused-ring (bicyclic) bond motifs is 3. The minimum Gasteiger partial charge on any atom is -0.340 e. The summed E-state index contributed by atoms with van der Waals surface area (Å²) in [5, 5.41) is 6.11. The number of benzene rings is 2. The number of carbonyl (C=O) groups is 1. The minimum absolute atomic E-state index is 0.123. The van der Waals surface area contributed by atoms with E-state index < -0.39 is 0 Å². The van der Waals surface area contributed by atoms with Gasteiger partial charge < -0.3 is 14.8 Å². The zero-order valence-electron chi connectivity index (χ0n) is 16.5. The second-order valence-corrected chi connectivity index (χ2v) is 8.04. The summed E-state index contributed by atoms with van der Waals surface area (Å²) in [6.45, 7) is 10.5. The van der Waals surface area contributed by atoms with Crippen LogP contribution in [0.4, 0.5) is 0 Å². The van der Waals surface area contributed by atoms with E-state index in [1.54, 1.807) is 6.92 Å². The zero-order valence-corrected chi connectivity index (χ0v) is 16.5.